The highest BCUT2D eigenvalue weighted by molar-refractivity contribution is 5.94. The quantitative estimate of drug-likeness (QED) is 0.147. The van der Waals surface area contributed by atoms with E-state index in [4.69, 9.17) is 0 Å². The van der Waals surface area contributed by atoms with Gasteiger partial charge in [-0.2, -0.15) is 0 Å². The summed E-state index contributed by atoms with van der Waals surface area (Å²) in [6.07, 6.45) is 0. The van der Waals surface area contributed by atoms with Gasteiger partial charge in [0.2, 0.25) is 0 Å². The molecular weight excluding hydrogens is 867 g/mol. The summed E-state index contributed by atoms with van der Waals surface area (Å²) in [5, 5.41) is 0. The number of hydrogen-bond acceptors (Lipinski definition) is 1. The normalized spacial score (nSPS) is 17.2. The molecule has 0 saturated carbocycles. The van der Waals surface area contributed by atoms with Gasteiger partial charge in [-0.1, -0.05) is 250 Å². The molecule has 3 aliphatic rings. The third-order valence-electron chi connectivity index (χ3n) is 16.4. The highest BCUT2D eigenvalue weighted by Crippen LogP contribution is 2.67. The molecule has 0 N–H and O–H groups in total. The summed E-state index contributed by atoms with van der Waals surface area (Å²) in [6.45, 7) is 4.80. The van der Waals surface area contributed by atoms with Crippen LogP contribution in [-0.2, 0) is 16.2 Å². The Balaban J connectivity index is 1.05. The van der Waals surface area contributed by atoms with Crippen molar-refractivity contribution in [3.63, 3.8) is 0 Å². The van der Waals surface area contributed by atoms with E-state index in [-0.39, 0.29) is 5.41 Å². The molecule has 14 rings (SSSR count). The molecule has 0 aromatic heterocycles. The molecular formula is C71H51N. The van der Waals surface area contributed by atoms with Gasteiger partial charge < -0.3 is 4.90 Å². The van der Waals surface area contributed by atoms with Crippen molar-refractivity contribution in [1.29, 1.82) is 0 Å². The number of fused-ring (bicyclic) bond motifs is 8. The molecule has 1 nitrogen and oxygen atoms in total. The van der Waals surface area contributed by atoms with E-state index in [0.717, 1.165) is 17.1 Å². The van der Waals surface area contributed by atoms with Crippen molar-refractivity contribution in [2.75, 3.05) is 4.90 Å². The van der Waals surface area contributed by atoms with E-state index in [0.29, 0.717) is 0 Å². The average Bonchev–Trinajstić information content (AvgIpc) is 3.88. The van der Waals surface area contributed by atoms with Gasteiger partial charge in [-0.25, -0.2) is 0 Å². The van der Waals surface area contributed by atoms with E-state index in [2.05, 4.69) is 292 Å². The van der Waals surface area contributed by atoms with Crippen LogP contribution < -0.4 is 4.90 Å². The first-order valence-electron chi connectivity index (χ1n) is 25.3. The Bertz CT molecular complexity index is 3870. The topological polar surface area (TPSA) is 3.24 Å². The van der Waals surface area contributed by atoms with Crippen LogP contribution in [0.15, 0.2) is 273 Å². The predicted octanol–water partition coefficient (Wildman–Crippen LogP) is 17.9. The first-order valence-corrected chi connectivity index (χ1v) is 25.3. The van der Waals surface area contributed by atoms with Crippen molar-refractivity contribution in [1.82, 2.24) is 0 Å². The smallest absolute Gasteiger partial charge is 0.0728 e. The Morgan fingerprint density at radius 2 is 0.694 bits per heavy atom. The van der Waals surface area contributed by atoms with E-state index < -0.39 is 10.8 Å². The lowest BCUT2D eigenvalue weighted by atomic mass is 9.51. The van der Waals surface area contributed by atoms with Gasteiger partial charge in [0.05, 0.1) is 16.5 Å². The van der Waals surface area contributed by atoms with Crippen LogP contribution >= 0.6 is 0 Å². The summed E-state index contributed by atoms with van der Waals surface area (Å²) in [4.78, 5) is 2.54. The maximum Gasteiger partial charge on any atom is 0.0728 e. The van der Waals surface area contributed by atoms with Gasteiger partial charge >= 0.3 is 0 Å². The summed E-state index contributed by atoms with van der Waals surface area (Å²) in [7, 11) is 0. The van der Waals surface area contributed by atoms with Crippen LogP contribution in [0.5, 0.6) is 0 Å². The molecule has 1 heteroatoms. The molecule has 11 aromatic rings. The Kier molecular flexibility index (Phi) is 9.44. The fourth-order valence-electron chi connectivity index (χ4n) is 13.3. The van der Waals surface area contributed by atoms with E-state index in [1.54, 1.807) is 0 Å². The zero-order valence-corrected chi connectivity index (χ0v) is 40.4. The van der Waals surface area contributed by atoms with Crippen molar-refractivity contribution in [2.45, 2.75) is 30.1 Å². The third-order valence-corrected chi connectivity index (χ3v) is 16.4. The molecule has 0 spiro atoms. The van der Waals surface area contributed by atoms with Gasteiger partial charge in [0.15, 0.2) is 0 Å². The minimum atomic E-state index is -0.748. The first-order chi connectivity index (χ1) is 35.5. The van der Waals surface area contributed by atoms with Crippen LogP contribution in [0.4, 0.5) is 17.1 Å². The van der Waals surface area contributed by atoms with Crippen LogP contribution in [0.1, 0.15) is 69.5 Å². The second-order valence-electron chi connectivity index (χ2n) is 20.3. The molecule has 2 unspecified atom stereocenters. The lowest BCUT2D eigenvalue weighted by molar-refractivity contribution is 0.627. The van der Waals surface area contributed by atoms with Gasteiger partial charge in [0, 0.05) is 16.8 Å². The summed E-state index contributed by atoms with van der Waals surface area (Å²) in [5.74, 6) is 0. The lowest BCUT2D eigenvalue weighted by Crippen LogP contribution is -2.44. The fraction of sp³-hybridized carbons (Fsp3) is 0.0704. The van der Waals surface area contributed by atoms with Crippen LogP contribution in [-0.4, -0.2) is 0 Å². The van der Waals surface area contributed by atoms with E-state index in [9.17, 15) is 0 Å². The molecule has 0 bridgehead atoms. The van der Waals surface area contributed by atoms with Crippen LogP contribution in [0, 0.1) is 0 Å². The van der Waals surface area contributed by atoms with E-state index in [1.807, 2.05) is 0 Å². The monoisotopic (exact) mass is 917 g/mol. The summed E-state index contributed by atoms with van der Waals surface area (Å²) >= 11 is 0. The average molecular weight is 918 g/mol. The first kappa shape index (κ1) is 42.1. The summed E-state index contributed by atoms with van der Waals surface area (Å²) in [6, 6.07) is 103. The number of hydrogen-bond donors (Lipinski definition) is 0. The van der Waals surface area contributed by atoms with Gasteiger partial charge in [0.25, 0.3) is 0 Å². The molecule has 0 aliphatic heterocycles. The molecule has 72 heavy (non-hydrogen) atoms. The molecule has 3 aliphatic carbocycles. The fourth-order valence-corrected chi connectivity index (χ4v) is 13.3. The number of benzene rings is 11. The SMILES string of the molecule is CC1(C)c2cc(-c3ccccc3)ccc2-c2ccc(N(c3ccc(-c4ccccc4)cc3)c3ccccc3C3(c4ccccc4)c4ccccc4C4(c5ccccc5)c5ccccc5-c5cccc3c54)cc21. The molecule has 340 valence electrons. The van der Waals surface area contributed by atoms with E-state index in [1.165, 1.54) is 100 Å². The minimum absolute atomic E-state index is 0.248. The van der Waals surface area contributed by atoms with Gasteiger partial charge in [-0.05, 0) is 137 Å². The second kappa shape index (κ2) is 16.1. The molecule has 0 saturated heterocycles. The zero-order chi connectivity index (χ0) is 48.0. The van der Waals surface area contributed by atoms with Gasteiger partial charge in [-0.3, -0.25) is 0 Å². The maximum absolute atomic E-state index is 2.54. The highest BCUT2D eigenvalue weighted by Gasteiger charge is 2.58. The third kappa shape index (κ3) is 5.89. The van der Waals surface area contributed by atoms with Gasteiger partial charge in [0.1, 0.15) is 0 Å². The number of rotatable bonds is 8. The van der Waals surface area contributed by atoms with Gasteiger partial charge in [-0.15, -0.1) is 0 Å². The Hall–Kier alpha value is -8.78. The van der Waals surface area contributed by atoms with Crippen molar-refractivity contribution >= 4 is 17.1 Å². The molecule has 2 atom stereocenters. The van der Waals surface area contributed by atoms with E-state index >= 15 is 0 Å². The molecule has 0 heterocycles. The summed E-state index contributed by atoms with van der Waals surface area (Å²) in [5.41, 5.74) is 24.9. The van der Waals surface area contributed by atoms with Crippen LogP contribution in [0.2, 0.25) is 0 Å². The number of nitrogens with zero attached hydrogens (tertiary/aromatic N) is 1. The lowest BCUT2D eigenvalue weighted by Gasteiger charge is -2.50. The van der Waals surface area contributed by atoms with Crippen molar-refractivity contribution in [3.8, 4) is 44.5 Å². The zero-order valence-electron chi connectivity index (χ0n) is 40.4. The number of anilines is 3. The van der Waals surface area contributed by atoms with Crippen molar-refractivity contribution in [2.24, 2.45) is 0 Å². The largest absolute Gasteiger partial charge is 0.310 e. The Morgan fingerprint density at radius 1 is 0.264 bits per heavy atom. The standard InChI is InChI=1S/C71H51N/c1-69(2)65-46-51(49-24-9-4-10-25-49)40-44-57(65)58-45-43-55(47-66(58)69)72(54-41-38-50(39-42-54)48-22-7-3-8-23-48)67-37-20-19-35-63(67)70(52-26-11-5-12-27-52)61-33-17-18-34-62(61)71(53-28-13-6-14-29-53)60-32-16-15-30-56(60)59-31-21-36-64(70)68(59)71/h3-47H,1-2H3. The summed E-state index contributed by atoms with van der Waals surface area (Å²) < 4.78 is 0. The van der Waals surface area contributed by atoms with Crippen molar-refractivity contribution < 1.29 is 0 Å². The van der Waals surface area contributed by atoms with Crippen molar-refractivity contribution in [3.05, 3.63) is 329 Å². The maximum atomic E-state index is 2.54. The molecule has 0 amide bonds. The second-order valence-corrected chi connectivity index (χ2v) is 20.3. The predicted molar refractivity (Wildman–Crippen MR) is 299 cm³/mol. The number of para-hydroxylation sites is 1. The van der Waals surface area contributed by atoms with Crippen LogP contribution in [0.3, 0.4) is 0 Å². The molecule has 0 radical (unpaired) electrons. The highest BCUT2D eigenvalue weighted by atomic mass is 15.1. The molecule has 11 aromatic carbocycles. The Labute approximate surface area is 423 Å². The molecule has 0 fully saturated rings. The Morgan fingerprint density at radius 3 is 1.36 bits per heavy atom. The van der Waals surface area contributed by atoms with Crippen LogP contribution in [0.25, 0.3) is 44.5 Å². The minimum Gasteiger partial charge on any atom is -0.310 e.